The van der Waals surface area contributed by atoms with E-state index in [2.05, 4.69) is 0 Å². The molecule has 2 rings (SSSR count). The van der Waals surface area contributed by atoms with Crippen LogP contribution in [0, 0.1) is 0 Å². The van der Waals surface area contributed by atoms with Crippen LogP contribution in [-0.2, 0) is 14.8 Å². The molecule has 19 heavy (non-hydrogen) atoms. The zero-order valence-corrected chi connectivity index (χ0v) is 11.9. The van der Waals surface area contributed by atoms with E-state index in [0.717, 1.165) is 12.8 Å². The minimum atomic E-state index is -3.52. The Hall–Kier alpha value is -1.11. The van der Waals surface area contributed by atoms with Gasteiger partial charge in [0.2, 0.25) is 10.0 Å². The number of nitrogens with zero attached hydrogens (tertiary/aromatic N) is 1. The maximum absolute atomic E-state index is 12.5. The van der Waals surface area contributed by atoms with Crippen LogP contribution in [0.5, 0.6) is 0 Å². The molecule has 0 amide bonds. The van der Waals surface area contributed by atoms with Crippen molar-refractivity contribution < 1.29 is 13.2 Å². The summed E-state index contributed by atoms with van der Waals surface area (Å²) >= 11 is 0. The van der Waals surface area contributed by atoms with Crippen molar-refractivity contribution in [2.75, 3.05) is 25.4 Å². The first-order valence-electron chi connectivity index (χ1n) is 6.52. The van der Waals surface area contributed by atoms with Crippen molar-refractivity contribution in [3.8, 4) is 0 Å². The molecule has 6 heteroatoms. The zero-order valence-electron chi connectivity index (χ0n) is 11.1. The highest BCUT2D eigenvalue weighted by atomic mass is 32.2. The Morgan fingerprint density at radius 2 is 2.16 bits per heavy atom. The lowest BCUT2D eigenvalue weighted by Crippen LogP contribution is -2.43. The van der Waals surface area contributed by atoms with Crippen LogP contribution in [0.3, 0.4) is 0 Å². The van der Waals surface area contributed by atoms with Crippen molar-refractivity contribution in [3.05, 3.63) is 24.3 Å². The fourth-order valence-corrected chi connectivity index (χ4v) is 3.98. The highest BCUT2D eigenvalue weighted by Gasteiger charge is 2.31. The first-order chi connectivity index (χ1) is 9.05. The molecule has 1 saturated heterocycles. The summed E-state index contributed by atoms with van der Waals surface area (Å²) in [6, 6.07) is 6.58. The number of anilines is 1. The lowest BCUT2D eigenvalue weighted by molar-refractivity contribution is 0.0265. The monoisotopic (exact) mass is 284 g/mol. The second-order valence-electron chi connectivity index (χ2n) is 4.62. The minimum absolute atomic E-state index is 0.0153. The molecule has 1 aliphatic rings. The first kappa shape index (κ1) is 14.3. The standard InChI is InChI=1S/C13H20N2O3S/c1-2-18-11-6-5-9-15(10-11)19(16,17)13-8-4-3-7-12(13)14/h3-4,7-8,11H,2,5-6,9-10,14H2,1H3. The van der Waals surface area contributed by atoms with E-state index in [0.29, 0.717) is 25.4 Å². The molecular weight excluding hydrogens is 264 g/mol. The molecule has 1 aromatic carbocycles. The zero-order chi connectivity index (χ0) is 13.9. The van der Waals surface area contributed by atoms with Gasteiger partial charge >= 0.3 is 0 Å². The van der Waals surface area contributed by atoms with Crippen LogP contribution in [0.2, 0.25) is 0 Å². The summed E-state index contributed by atoms with van der Waals surface area (Å²) in [7, 11) is -3.52. The lowest BCUT2D eigenvalue weighted by atomic mass is 10.1. The topological polar surface area (TPSA) is 72.6 Å². The first-order valence-corrected chi connectivity index (χ1v) is 7.96. The van der Waals surface area contributed by atoms with E-state index in [-0.39, 0.29) is 11.0 Å². The summed E-state index contributed by atoms with van der Waals surface area (Å²) < 4.78 is 32.1. The normalized spacial score (nSPS) is 21.4. The Morgan fingerprint density at radius 3 is 2.84 bits per heavy atom. The van der Waals surface area contributed by atoms with Crippen LogP contribution in [0.4, 0.5) is 5.69 Å². The van der Waals surface area contributed by atoms with Crippen LogP contribution in [0.15, 0.2) is 29.2 Å². The van der Waals surface area contributed by atoms with Crippen LogP contribution in [0.1, 0.15) is 19.8 Å². The number of hydrogen-bond donors (Lipinski definition) is 1. The van der Waals surface area contributed by atoms with Crippen molar-refractivity contribution in [3.63, 3.8) is 0 Å². The Kier molecular flexibility index (Phi) is 4.44. The van der Waals surface area contributed by atoms with Gasteiger partial charge in [0, 0.05) is 19.7 Å². The highest BCUT2D eigenvalue weighted by Crippen LogP contribution is 2.25. The van der Waals surface area contributed by atoms with Gasteiger partial charge in [-0.25, -0.2) is 8.42 Å². The van der Waals surface area contributed by atoms with Crippen molar-refractivity contribution in [1.82, 2.24) is 4.31 Å². The second-order valence-corrected chi connectivity index (χ2v) is 6.53. The molecule has 1 aliphatic heterocycles. The maximum Gasteiger partial charge on any atom is 0.245 e. The summed E-state index contributed by atoms with van der Waals surface area (Å²) in [5, 5.41) is 0. The predicted molar refractivity (Wildman–Crippen MR) is 74.3 cm³/mol. The highest BCUT2D eigenvalue weighted by molar-refractivity contribution is 7.89. The molecule has 1 atom stereocenters. The number of nitrogens with two attached hydrogens (primary N) is 1. The average Bonchev–Trinajstić information content (AvgIpc) is 2.40. The number of ether oxygens (including phenoxy) is 1. The van der Waals surface area contributed by atoms with Crippen LogP contribution >= 0.6 is 0 Å². The number of para-hydroxylation sites is 1. The minimum Gasteiger partial charge on any atom is -0.398 e. The Labute approximate surface area is 114 Å². The molecule has 106 valence electrons. The van der Waals surface area contributed by atoms with E-state index >= 15 is 0 Å². The van der Waals surface area contributed by atoms with Gasteiger partial charge < -0.3 is 10.5 Å². The van der Waals surface area contributed by atoms with E-state index in [9.17, 15) is 8.42 Å². The molecule has 0 saturated carbocycles. The van der Waals surface area contributed by atoms with Gasteiger partial charge in [-0.1, -0.05) is 12.1 Å². The molecule has 1 heterocycles. The molecule has 0 bridgehead atoms. The quantitative estimate of drug-likeness (QED) is 0.850. The van der Waals surface area contributed by atoms with Crippen LogP contribution < -0.4 is 5.73 Å². The molecule has 2 N–H and O–H groups in total. The number of piperidine rings is 1. The number of nitrogen functional groups attached to an aromatic ring is 1. The molecule has 0 spiro atoms. The summed E-state index contributed by atoms with van der Waals surface area (Å²) in [5.41, 5.74) is 6.06. The van der Waals surface area contributed by atoms with Gasteiger partial charge in [0.25, 0.3) is 0 Å². The van der Waals surface area contributed by atoms with Gasteiger partial charge in [-0.3, -0.25) is 0 Å². The lowest BCUT2D eigenvalue weighted by Gasteiger charge is -2.31. The van der Waals surface area contributed by atoms with Crippen molar-refractivity contribution in [1.29, 1.82) is 0 Å². The number of rotatable bonds is 4. The smallest absolute Gasteiger partial charge is 0.245 e. The molecular formula is C13H20N2O3S. The van der Waals surface area contributed by atoms with Gasteiger partial charge in [0.1, 0.15) is 4.90 Å². The van der Waals surface area contributed by atoms with Gasteiger partial charge in [-0.05, 0) is 31.9 Å². The van der Waals surface area contributed by atoms with E-state index in [1.165, 1.54) is 4.31 Å². The van der Waals surface area contributed by atoms with Crippen molar-refractivity contribution >= 4 is 15.7 Å². The van der Waals surface area contributed by atoms with E-state index in [1.807, 2.05) is 6.92 Å². The maximum atomic E-state index is 12.5. The molecule has 1 unspecified atom stereocenters. The average molecular weight is 284 g/mol. The Balaban J connectivity index is 2.22. The molecule has 0 aliphatic carbocycles. The van der Waals surface area contributed by atoms with E-state index < -0.39 is 10.0 Å². The molecule has 0 radical (unpaired) electrons. The number of benzene rings is 1. The largest absolute Gasteiger partial charge is 0.398 e. The van der Waals surface area contributed by atoms with E-state index in [1.54, 1.807) is 24.3 Å². The molecule has 5 nitrogen and oxygen atoms in total. The summed E-state index contributed by atoms with van der Waals surface area (Å²) in [6.45, 7) is 3.46. The molecule has 1 fully saturated rings. The molecule has 0 aromatic heterocycles. The third-order valence-corrected chi connectivity index (χ3v) is 5.22. The third-order valence-electron chi connectivity index (χ3n) is 3.28. The number of hydrogen-bond acceptors (Lipinski definition) is 4. The summed E-state index contributed by atoms with van der Waals surface area (Å²) in [6.07, 6.45) is 1.71. The van der Waals surface area contributed by atoms with E-state index in [4.69, 9.17) is 10.5 Å². The Bertz CT molecular complexity index is 528. The SMILES string of the molecule is CCOC1CCCN(S(=O)(=O)c2ccccc2N)C1. The number of sulfonamides is 1. The molecule has 1 aromatic rings. The van der Waals surface area contributed by atoms with Crippen molar-refractivity contribution in [2.24, 2.45) is 0 Å². The second kappa shape index (κ2) is 5.90. The van der Waals surface area contributed by atoms with Crippen LogP contribution in [-0.4, -0.2) is 38.5 Å². The van der Waals surface area contributed by atoms with Crippen LogP contribution in [0.25, 0.3) is 0 Å². The van der Waals surface area contributed by atoms with Gasteiger partial charge in [0.15, 0.2) is 0 Å². The fraction of sp³-hybridized carbons (Fsp3) is 0.538. The predicted octanol–water partition coefficient (Wildman–Crippen LogP) is 1.46. The summed E-state index contributed by atoms with van der Waals surface area (Å²) in [5.74, 6) is 0. The van der Waals surface area contributed by atoms with Gasteiger partial charge in [-0.15, -0.1) is 0 Å². The third kappa shape index (κ3) is 3.08. The Morgan fingerprint density at radius 1 is 1.42 bits per heavy atom. The van der Waals surface area contributed by atoms with Gasteiger partial charge in [-0.2, -0.15) is 4.31 Å². The van der Waals surface area contributed by atoms with Gasteiger partial charge in [0.05, 0.1) is 11.8 Å². The van der Waals surface area contributed by atoms with Crippen molar-refractivity contribution in [2.45, 2.75) is 30.8 Å². The summed E-state index contributed by atoms with van der Waals surface area (Å²) in [4.78, 5) is 0.187. The fourth-order valence-electron chi connectivity index (χ4n) is 2.35.